The van der Waals surface area contributed by atoms with Gasteiger partial charge in [0, 0.05) is 0 Å². The van der Waals surface area contributed by atoms with E-state index < -0.39 is 9.53 Å². The minimum atomic E-state index is -1.36. The summed E-state index contributed by atoms with van der Waals surface area (Å²) in [5, 5.41) is 0. The van der Waals surface area contributed by atoms with Crippen LogP contribution < -0.4 is 0 Å². The van der Waals surface area contributed by atoms with E-state index in [0.29, 0.717) is 0 Å². The van der Waals surface area contributed by atoms with Gasteiger partial charge >= 0.3 is 0 Å². The SMILES string of the molecule is CO[Si-](OC)OC. The van der Waals surface area contributed by atoms with Crippen LogP contribution in [0.2, 0.25) is 0 Å². The zero-order valence-corrected chi connectivity index (χ0v) is 5.72. The van der Waals surface area contributed by atoms with Crippen molar-refractivity contribution in [1.29, 1.82) is 0 Å². The van der Waals surface area contributed by atoms with Crippen molar-refractivity contribution in [3.63, 3.8) is 0 Å². The lowest BCUT2D eigenvalue weighted by atomic mass is 11.8. The zero-order valence-electron chi connectivity index (χ0n) is 4.72. The fourth-order valence-corrected chi connectivity index (χ4v) is 0.750. The monoisotopic (exact) mass is 121 g/mol. The summed E-state index contributed by atoms with van der Waals surface area (Å²) in [6, 6.07) is 0. The van der Waals surface area contributed by atoms with Gasteiger partial charge < -0.3 is 13.3 Å². The summed E-state index contributed by atoms with van der Waals surface area (Å²) < 4.78 is 14.1. The van der Waals surface area contributed by atoms with E-state index in [9.17, 15) is 0 Å². The number of rotatable bonds is 3. The molecule has 3 nitrogen and oxygen atoms in total. The van der Waals surface area contributed by atoms with E-state index in [2.05, 4.69) is 0 Å². The molecule has 0 spiro atoms. The molecule has 4 heteroatoms. The highest BCUT2D eigenvalue weighted by Gasteiger charge is 1.84. The standard InChI is InChI=1S/C3H9O3Si/c1-4-7(5-2)6-3/h1-3H3/q-1. The first-order valence-electron chi connectivity index (χ1n) is 1.84. The normalized spacial score (nSPS) is 10.3. The van der Waals surface area contributed by atoms with Crippen LogP contribution in [0.5, 0.6) is 0 Å². The lowest BCUT2D eigenvalue weighted by Crippen LogP contribution is -2.21. The summed E-state index contributed by atoms with van der Waals surface area (Å²) in [6.45, 7) is 0. The second kappa shape index (κ2) is 4.26. The molecule has 0 saturated heterocycles. The number of hydrogen-bond donors (Lipinski definition) is 0. The van der Waals surface area contributed by atoms with E-state index in [-0.39, 0.29) is 0 Å². The molecule has 0 aliphatic carbocycles. The molecule has 0 atom stereocenters. The molecule has 0 aromatic rings. The molecule has 0 bridgehead atoms. The maximum absolute atomic E-state index is 4.71. The van der Waals surface area contributed by atoms with Gasteiger partial charge in [-0.3, -0.25) is 0 Å². The van der Waals surface area contributed by atoms with Crippen molar-refractivity contribution in [3.05, 3.63) is 0 Å². The molecule has 0 N–H and O–H groups in total. The molecule has 44 valence electrons. The minimum Gasteiger partial charge on any atom is -0.544 e. The highest BCUT2D eigenvalue weighted by atomic mass is 28.3. The molecule has 0 fully saturated rings. The molecule has 0 radical (unpaired) electrons. The van der Waals surface area contributed by atoms with Gasteiger partial charge in [0.05, 0.1) is 0 Å². The fraction of sp³-hybridized carbons (Fsp3) is 1.00. The third kappa shape index (κ3) is 2.75. The summed E-state index contributed by atoms with van der Waals surface area (Å²) in [6.07, 6.45) is 0. The molecule has 7 heavy (non-hydrogen) atoms. The summed E-state index contributed by atoms with van der Waals surface area (Å²) >= 11 is 0. The van der Waals surface area contributed by atoms with Crippen LogP contribution in [0, 0.1) is 0 Å². The van der Waals surface area contributed by atoms with E-state index in [1.807, 2.05) is 0 Å². The molecule has 0 aliphatic heterocycles. The van der Waals surface area contributed by atoms with E-state index in [4.69, 9.17) is 13.3 Å². The summed E-state index contributed by atoms with van der Waals surface area (Å²) in [7, 11) is 3.31. The van der Waals surface area contributed by atoms with Gasteiger partial charge in [0.15, 0.2) is 0 Å². The topological polar surface area (TPSA) is 27.7 Å². The van der Waals surface area contributed by atoms with Crippen LogP contribution in [-0.2, 0) is 13.3 Å². The van der Waals surface area contributed by atoms with Gasteiger partial charge in [-0.2, -0.15) is 0 Å². The predicted molar refractivity (Wildman–Crippen MR) is 26.8 cm³/mol. The lowest BCUT2D eigenvalue weighted by Gasteiger charge is -2.22. The maximum atomic E-state index is 4.71. The van der Waals surface area contributed by atoms with Crippen LogP contribution in [0.15, 0.2) is 0 Å². The van der Waals surface area contributed by atoms with E-state index >= 15 is 0 Å². The average Bonchev–Trinajstić information content (AvgIpc) is 1.72. The van der Waals surface area contributed by atoms with E-state index in [1.165, 1.54) is 0 Å². The first kappa shape index (κ1) is 7.10. The van der Waals surface area contributed by atoms with E-state index in [0.717, 1.165) is 0 Å². The van der Waals surface area contributed by atoms with Crippen molar-refractivity contribution >= 4 is 9.53 Å². The Morgan fingerprint density at radius 3 is 1.14 bits per heavy atom. The van der Waals surface area contributed by atoms with Gasteiger partial charge in [-0.15, -0.1) is 0 Å². The highest BCUT2D eigenvalue weighted by molar-refractivity contribution is 6.36. The van der Waals surface area contributed by atoms with Crippen molar-refractivity contribution in [2.24, 2.45) is 0 Å². The van der Waals surface area contributed by atoms with Crippen molar-refractivity contribution in [2.75, 3.05) is 21.3 Å². The number of hydrogen-bond acceptors (Lipinski definition) is 3. The molecule has 0 heterocycles. The maximum Gasteiger partial charge on any atom is 0.214 e. The van der Waals surface area contributed by atoms with Gasteiger partial charge in [-0.05, 0) is 21.3 Å². The van der Waals surface area contributed by atoms with Crippen LogP contribution in [0.3, 0.4) is 0 Å². The summed E-state index contributed by atoms with van der Waals surface area (Å²) in [5.74, 6) is 0. The first-order chi connectivity index (χ1) is 3.35. The molecule has 0 unspecified atom stereocenters. The first-order valence-corrected chi connectivity index (χ1v) is 3.06. The lowest BCUT2D eigenvalue weighted by molar-refractivity contribution is 0.163. The fourth-order valence-electron chi connectivity index (χ4n) is 0.250. The smallest absolute Gasteiger partial charge is 0.214 e. The van der Waals surface area contributed by atoms with Crippen molar-refractivity contribution in [1.82, 2.24) is 0 Å². The quantitative estimate of drug-likeness (QED) is 0.488. The summed E-state index contributed by atoms with van der Waals surface area (Å²) in [5.41, 5.74) is 0. The summed E-state index contributed by atoms with van der Waals surface area (Å²) in [4.78, 5) is 0. The van der Waals surface area contributed by atoms with Crippen molar-refractivity contribution in [3.8, 4) is 0 Å². The van der Waals surface area contributed by atoms with Gasteiger partial charge in [-0.25, -0.2) is 0 Å². The van der Waals surface area contributed by atoms with Gasteiger partial charge in [0.2, 0.25) is 9.53 Å². The third-order valence-corrected chi connectivity index (χ3v) is 1.50. The van der Waals surface area contributed by atoms with Crippen LogP contribution in [0.4, 0.5) is 0 Å². The molecule has 0 aliphatic rings. The molecular formula is C3H9O3Si-. The van der Waals surface area contributed by atoms with Crippen LogP contribution >= 0.6 is 0 Å². The molecule has 0 amide bonds. The predicted octanol–water partition coefficient (Wildman–Crippen LogP) is -0.0895. The second-order valence-corrected chi connectivity index (χ2v) is 2.59. The van der Waals surface area contributed by atoms with Crippen LogP contribution in [0.1, 0.15) is 0 Å². The van der Waals surface area contributed by atoms with Gasteiger partial charge in [-0.1, -0.05) is 0 Å². The van der Waals surface area contributed by atoms with Crippen molar-refractivity contribution < 1.29 is 13.3 Å². The Morgan fingerprint density at radius 2 is 1.14 bits per heavy atom. The Labute approximate surface area is 45.2 Å². The van der Waals surface area contributed by atoms with Crippen molar-refractivity contribution in [2.45, 2.75) is 0 Å². The van der Waals surface area contributed by atoms with E-state index in [1.54, 1.807) is 21.3 Å². The minimum absolute atomic E-state index is 1.36. The van der Waals surface area contributed by atoms with Crippen LogP contribution in [-0.4, -0.2) is 30.9 Å². The molecule has 0 aromatic carbocycles. The largest absolute Gasteiger partial charge is 0.544 e. The van der Waals surface area contributed by atoms with Crippen LogP contribution in [0.25, 0.3) is 0 Å². The Bertz CT molecular complexity index is 31.7. The highest BCUT2D eigenvalue weighted by Crippen LogP contribution is 1.81. The third-order valence-electron chi connectivity index (χ3n) is 0.500. The molecular weight excluding hydrogens is 112 g/mol. The van der Waals surface area contributed by atoms with Gasteiger partial charge in [0.1, 0.15) is 0 Å². The zero-order chi connectivity index (χ0) is 5.70. The van der Waals surface area contributed by atoms with Gasteiger partial charge in [0.25, 0.3) is 0 Å². The Hall–Kier alpha value is 0.0969. The Morgan fingerprint density at radius 1 is 0.857 bits per heavy atom. The average molecular weight is 121 g/mol. The second-order valence-electron chi connectivity index (χ2n) is 0.862. The Kier molecular flexibility index (Phi) is 4.32. The molecule has 0 saturated carbocycles. The molecule has 0 aromatic heterocycles. The Balaban J connectivity index is 2.99. The molecule has 0 rings (SSSR count).